The molecule has 3 amide bonds. The Morgan fingerprint density at radius 2 is 2.04 bits per heavy atom. The highest BCUT2D eigenvalue weighted by Gasteiger charge is 2.08. The normalized spacial score (nSPS) is 10.4. The number of carbonyl (C=O) groups excluding carboxylic acids is 2. The molecule has 9 heteroatoms. The fourth-order valence-corrected chi connectivity index (χ4v) is 2.45. The van der Waals surface area contributed by atoms with Crippen LogP contribution in [0.3, 0.4) is 0 Å². The molecule has 140 valence electrons. The van der Waals surface area contributed by atoms with Crippen LogP contribution in [0.25, 0.3) is 5.82 Å². The van der Waals surface area contributed by atoms with Gasteiger partial charge in [0.2, 0.25) is 5.91 Å². The van der Waals surface area contributed by atoms with Crippen LogP contribution < -0.4 is 16.0 Å². The number of nitrogens with zero attached hydrogens (tertiary/aromatic N) is 3. The van der Waals surface area contributed by atoms with E-state index in [2.05, 4.69) is 26.0 Å². The number of pyridine rings is 1. The first kappa shape index (κ1) is 18.2. The lowest BCUT2D eigenvalue weighted by Gasteiger charge is -2.08. The van der Waals surface area contributed by atoms with Crippen LogP contribution in [0.2, 0.25) is 0 Å². The van der Waals surface area contributed by atoms with E-state index in [1.807, 2.05) is 19.9 Å². The summed E-state index contributed by atoms with van der Waals surface area (Å²) < 4.78 is 6.83. The minimum atomic E-state index is -0.459. The Labute approximate surface area is 155 Å². The van der Waals surface area contributed by atoms with Crippen molar-refractivity contribution in [1.82, 2.24) is 25.4 Å². The lowest BCUT2D eigenvalue weighted by molar-refractivity contribution is -0.115. The van der Waals surface area contributed by atoms with Gasteiger partial charge in [-0.05, 0) is 44.2 Å². The minimum absolute atomic E-state index is 0.163. The summed E-state index contributed by atoms with van der Waals surface area (Å²) in [6.45, 7) is 3.94. The van der Waals surface area contributed by atoms with Crippen molar-refractivity contribution in [1.29, 1.82) is 0 Å². The minimum Gasteiger partial charge on any atom is -0.467 e. The van der Waals surface area contributed by atoms with Crippen LogP contribution in [-0.4, -0.2) is 33.2 Å². The molecule has 3 heterocycles. The molecule has 0 saturated carbocycles. The van der Waals surface area contributed by atoms with E-state index in [-0.39, 0.29) is 19.0 Å². The van der Waals surface area contributed by atoms with E-state index in [4.69, 9.17) is 4.42 Å². The van der Waals surface area contributed by atoms with E-state index < -0.39 is 6.03 Å². The summed E-state index contributed by atoms with van der Waals surface area (Å²) in [6.07, 6.45) is 3.07. The molecule has 3 aromatic rings. The monoisotopic (exact) mass is 368 g/mol. The van der Waals surface area contributed by atoms with E-state index in [1.165, 1.54) is 6.26 Å². The Hall–Kier alpha value is -3.62. The summed E-state index contributed by atoms with van der Waals surface area (Å²) in [5.41, 5.74) is 2.41. The summed E-state index contributed by atoms with van der Waals surface area (Å²) in [5, 5.41) is 12.1. The Morgan fingerprint density at radius 3 is 2.67 bits per heavy atom. The highest BCUT2D eigenvalue weighted by molar-refractivity contribution is 5.94. The number of urea groups is 1. The Balaban J connectivity index is 1.46. The van der Waals surface area contributed by atoms with Gasteiger partial charge in [0.1, 0.15) is 5.76 Å². The third-order valence-corrected chi connectivity index (χ3v) is 3.67. The first-order valence-electron chi connectivity index (χ1n) is 8.35. The number of hydrogen-bond acceptors (Lipinski definition) is 5. The van der Waals surface area contributed by atoms with Gasteiger partial charge in [-0.1, -0.05) is 0 Å². The zero-order valence-electron chi connectivity index (χ0n) is 15.0. The van der Waals surface area contributed by atoms with E-state index in [9.17, 15) is 9.59 Å². The van der Waals surface area contributed by atoms with Gasteiger partial charge in [0, 0.05) is 5.69 Å². The molecule has 0 aromatic carbocycles. The molecule has 0 saturated heterocycles. The third-order valence-electron chi connectivity index (χ3n) is 3.67. The molecule has 0 bridgehead atoms. The van der Waals surface area contributed by atoms with Crippen molar-refractivity contribution in [2.24, 2.45) is 0 Å². The summed E-state index contributed by atoms with van der Waals surface area (Å²) in [5.74, 6) is 0.932. The zero-order chi connectivity index (χ0) is 19.2. The molecule has 3 N–H and O–H groups in total. The smallest absolute Gasteiger partial charge is 0.315 e. The SMILES string of the molecule is Cc1cc(C)n(-c2ccc(NC(=O)CNC(=O)NCc3ccco3)cn2)n1. The van der Waals surface area contributed by atoms with Crippen LogP contribution in [0, 0.1) is 13.8 Å². The maximum absolute atomic E-state index is 11.9. The molecule has 0 atom stereocenters. The zero-order valence-corrected chi connectivity index (χ0v) is 15.0. The number of anilines is 1. The van der Waals surface area contributed by atoms with Crippen molar-refractivity contribution in [2.45, 2.75) is 20.4 Å². The number of aryl methyl sites for hydroxylation is 2. The summed E-state index contributed by atoms with van der Waals surface area (Å²) in [4.78, 5) is 27.9. The predicted octanol–water partition coefficient (Wildman–Crippen LogP) is 1.92. The van der Waals surface area contributed by atoms with Gasteiger partial charge in [-0.15, -0.1) is 0 Å². The van der Waals surface area contributed by atoms with Crippen LogP contribution in [0.5, 0.6) is 0 Å². The highest BCUT2D eigenvalue weighted by atomic mass is 16.3. The van der Waals surface area contributed by atoms with Crippen molar-refractivity contribution < 1.29 is 14.0 Å². The van der Waals surface area contributed by atoms with E-state index in [1.54, 1.807) is 35.1 Å². The number of nitrogens with one attached hydrogen (secondary N) is 3. The molecule has 3 rings (SSSR count). The maximum Gasteiger partial charge on any atom is 0.315 e. The second-order valence-electron chi connectivity index (χ2n) is 5.91. The second-order valence-corrected chi connectivity index (χ2v) is 5.91. The molecular formula is C18H20N6O3. The first-order valence-corrected chi connectivity index (χ1v) is 8.35. The van der Waals surface area contributed by atoms with Gasteiger partial charge in [0.25, 0.3) is 0 Å². The van der Waals surface area contributed by atoms with Gasteiger partial charge in [0.15, 0.2) is 5.82 Å². The topological polar surface area (TPSA) is 114 Å². The molecule has 0 fully saturated rings. The van der Waals surface area contributed by atoms with Crippen molar-refractivity contribution in [2.75, 3.05) is 11.9 Å². The average Bonchev–Trinajstić information content (AvgIpc) is 3.28. The van der Waals surface area contributed by atoms with Gasteiger partial charge in [0.05, 0.1) is 36.9 Å². The molecule has 0 unspecified atom stereocenters. The van der Waals surface area contributed by atoms with Gasteiger partial charge in [-0.2, -0.15) is 5.10 Å². The fraction of sp³-hybridized carbons (Fsp3) is 0.222. The Kier molecular flexibility index (Phi) is 5.50. The van der Waals surface area contributed by atoms with Crippen LogP contribution in [-0.2, 0) is 11.3 Å². The molecule has 0 aliphatic rings. The number of carbonyl (C=O) groups is 2. The van der Waals surface area contributed by atoms with Crippen LogP contribution in [0.1, 0.15) is 17.1 Å². The van der Waals surface area contributed by atoms with Gasteiger partial charge < -0.3 is 20.4 Å². The lowest BCUT2D eigenvalue weighted by Crippen LogP contribution is -2.39. The number of rotatable bonds is 6. The standard InChI is InChI=1S/C18H20N6O3/c1-12-8-13(2)24(23-12)16-6-5-14(9-19-16)22-17(25)11-21-18(26)20-10-15-4-3-7-27-15/h3-9H,10-11H2,1-2H3,(H,22,25)(H2,20,21,26). The molecule has 0 radical (unpaired) electrons. The largest absolute Gasteiger partial charge is 0.467 e. The van der Waals surface area contributed by atoms with Gasteiger partial charge >= 0.3 is 6.03 Å². The number of hydrogen-bond donors (Lipinski definition) is 3. The van der Waals surface area contributed by atoms with E-state index in [0.29, 0.717) is 17.3 Å². The summed E-state index contributed by atoms with van der Waals surface area (Å²) >= 11 is 0. The second kappa shape index (κ2) is 8.17. The Morgan fingerprint density at radius 1 is 1.19 bits per heavy atom. The maximum atomic E-state index is 11.9. The molecule has 0 aliphatic carbocycles. The van der Waals surface area contributed by atoms with Crippen molar-refractivity contribution in [3.05, 3.63) is 59.9 Å². The van der Waals surface area contributed by atoms with E-state index >= 15 is 0 Å². The first-order chi connectivity index (χ1) is 13.0. The summed E-state index contributed by atoms with van der Waals surface area (Å²) in [7, 11) is 0. The number of furan rings is 1. The molecule has 27 heavy (non-hydrogen) atoms. The number of aromatic nitrogens is 3. The number of amides is 3. The quantitative estimate of drug-likeness (QED) is 0.615. The average molecular weight is 368 g/mol. The van der Waals surface area contributed by atoms with Crippen molar-refractivity contribution in [3.63, 3.8) is 0 Å². The molecule has 3 aromatic heterocycles. The van der Waals surface area contributed by atoms with Crippen molar-refractivity contribution in [3.8, 4) is 5.82 Å². The van der Waals surface area contributed by atoms with Crippen LogP contribution in [0.15, 0.2) is 47.2 Å². The molecular weight excluding hydrogens is 348 g/mol. The van der Waals surface area contributed by atoms with Gasteiger partial charge in [-0.3, -0.25) is 4.79 Å². The van der Waals surface area contributed by atoms with E-state index in [0.717, 1.165) is 11.4 Å². The lowest BCUT2D eigenvalue weighted by atomic mass is 10.3. The fourth-order valence-electron chi connectivity index (χ4n) is 2.45. The third kappa shape index (κ3) is 4.94. The molecule has 0 aliphatic heterocycles. The molecule has 0 spiro atoms. The van der Waals surface area contributed by atoms with Gasteiger partial charge in [-0.25, -0.2) is 14.5 Å². The molecule has 9 nitrogen and oxygen atoms in total. The summed E-state index contributed by atoms with van der Waals surface area (Å²) in [6, 6.07) is 8.47. The highest BCUT2D eigenvalue weighted by Crippen LogP contribution is 2.12. The predicted molar refractivity (Wildman–Crippen MR) is 98.4 cm³/mol. The van der Waals surface area contributed by atoms with Crippen LogP contribution in [0.4, 0.5) is 10.5 Å². The van der Waals surface area contributed by atoms with Crippen LogP contribution >= 0.6 is 0 Å². The Bertz CT molecular complexity index is 915. The van der Waals surface area contributed by atoms with Crippen molar-refractivity contribution >= 4 is 17.6 Å².